The van der Waals surface area contributed by atoms with Gasteiger partial charge in [-0.05, 0) is 25.5 Å². The van der Waals surface area contributed by atoms with Crippen LogP contribution in [0.5, 0.6) is 0 Å². The molecule has 0 saturated carbocycles. The molecule has 0 bridgehead atoms. The molecule has 2 aromatic rings. The third-order valence-electron chi connectivity index (χ3n) is 2.68. The lowest BCUT2D eigenvalue weighted by atomic mass is 10.2. The maximum atomic E-state index is 11.0. The average molecular weight is 218 g/mol. The molecule has 0 aliphatic rings. The van der Waals surface area contributed by atoms with E-state index in [4.69, 9.17) is 4.42 Å². The predicted octanol–water partition coefficient (Wildman–Crippen LogP) is 2.93. The van der Waals surface area contributed by atoms with Crippen LogP contribution in [0.15, 0.2) is 29.0 Å². The van der Waals surface area contributed by atoms with Gasteiger partial charge in [-0.25, -0.2) is 0 Å². The summed E-state index contributed by atoms with van der Waals surface area (Å²) in [6.45, 7) is 4.15. The Labute approximate surface area is 93.9 Å². The highest BCUT2D eigenvalue weighted by atomic mass is 16.3. The number of nitrogens with zero attached hydrogens (tertiary/aromatic N) is 2. The molecule has 84 valence electrons. The van der Waals surface area contributed by atoms with E-state index in [2.05, 4.69) is 18.9 Å². The molecule has 0 aromatic carbocycles. The lowest BCUT2D eigenvalue weighted by molar-refractivity contribution is 0.112. The van der Waals surface area contributed by atoms with E-state index in [1.54, 1.807) is 24.6 Å². The van der Waals surface area contributed by atoms with Gasteiger partial charge in [0.25, 0.3) is 0 Å². The minimum atomic E-state index is 0.280. The quantitative estimate of drug-likeness (QED) is 0.741. The van der Waals surface area contributed by atoms with Crippen molar-refractivity contribution in [2.45, 2.75) is 26.3 Å². The third kappa shape index (κ3) is 1.78. The Morgan fingerprint density at radius 3 is 3.00 bits per heavy atom. The number of carbonyl (C=O) groups is 1. The Balaban J connectivity index is 2.45. The van der Waals surface area contributed by atoms with Crippen molar-refractivity contribution in [3.63, 3.8) is 0 Å². The summed E-state index contributed by atoms with van der Waals surface area (Å²) in [7, 11) is 0. The van der Waals surface area contributed by atoms with Gasteiger partial charge in [-0.3, -0.25) is 9.48 Å². The van der Waals surface area contributed by atoms with E-state index in [1.165, 1.54) is 0 Å². The van der Waals surface area contributed by atoms with Crippen LogP contribution in [-0.2, 0) is 0 Å². The fraction of sp³-hybridized carbons (Fsp3) is 0.333. The van der Waals surface area contributed by atoms with Crippen LogP contribution in [0.1, 0.15) is 36.7 Å². The van der Waals surface area contributed by atoms with Crippen molar-refractivity contribution in [3.8, 4) is 11.5 Å². The third-order valence-corrected chi connectivity index (χ3v) is 2.68. The van der Waals surface area contributed by atoms with Crippen molar-refractivity contribution in [1.29, 1.82) is 0 Å². The Morgan fingerprint density at radius 2 is 2.44 bits per heavy atom. The molecule has 0 N–H and O–H groups in total. The lowest BCUT2D eigenvalue weighted by Gasteiger charge is -2.07. The minimum absolute atomic E-state index is 0.280. The van der Waals surface area contributed by atoms with Gasteiger partial charge in [0.1, 0.15) is 5.69 Å². The Bertz CT molecular complexity index is 471. The van der Waals surface area contributed by atoms with Crippen LogP contribution in [0.25, 0.3) is 11.5 Å². The normalized spacial score (nSPS) is 12.6. The number of carbonyl (C=O) groups excluding carboxylic acids is 1. The maximum absolute atomic E-state index is 11.0. The summed E-state index contributed by atoms with van der Waals surface area (Å²) in [5.41, 5.74) is 1.18. The maximum Gasteiger partial charge on any atom is 0.154 e. The van der Waals surface area contributed by atoms with Gasteiger partial charge in [0.05, 0.1) is 11.8 Å². The fourth-order valence-corrected chi connectivity index (χ4v) is 1.51. The van der Waals surface area contributed by atoms with Crippen LogP contribution in [-0.4, -0.2) is 16.1 Å². The molecule has 1 atom stereocenters. The second-order valence-electron chi connectivity index (χ2n) is 3.77. The highest BCUT2D eigenvalue weighted by molar-refractivity contribution is 5.83. The highest BCUT2D eigenvalue weighted by Crippen LogP contribution is 2.23. The first-order valence-corrected chi connectivity index (χ1v) is 5.34. The zero-order chi connectivity index (χ0) is 11.5. The number of aldehydes is 1. The molecule has 0 amide bonds. The summed E-state index contributed by atoms with van der Waals surface area (Å²) in [5, 5.41) is 4.39. The van der Waals surface area contributed by atoms with Crippen molar-refractivity contribution in [3.05, 3.63) is 30.2 Å². The van der Waals surface area contributed by atoms with Gasteiger partial charge >= 0.3 is 0 Å². The first kappa shape index (κ1) is 10.7. The molecule has 0 fully saturated rings. The van der Waals surface area contributed by atoms with Crippen molar-refractivity contribution < 1.29 is 9.21 Å². The molecular formula is C12H14N2O2. The van der Waals surface area contributed by atoms with Gasteiger partial charge in [0.2, 0.25) is 0 Å². The van der Waals surface area contributed by atoms with E-state index in [1.807, 2.05) is 4.68 Å². The van der Waals surface area contributed by atoms with E-state index < -0.39 is 0 Å². The van der Waals surface area contributed by atoms with E-state index >= 15 is 0 Å². The van der Waals surface area contributed by atoms with E-state index in [0.29, 0.717) is 17.0 Å². The average Bonchev–Trinajstić information content (AvgIpc) is 2.95. The second kappa shape index (κ2) is 4.35. The van der Waals surface area contributed by atoms with Gasteiger partial charge in [-0.2, -0.15) is 5.10 Å². The molecule has 4 heteroatoms. The molecule has 16 heavy (non-hydrogen) atoms. The molecular weight excluding hydrogens is 204 g/mol. The van der Waals surface area contributed by atoms with Crippen LogP contribution in [0, 0.1) is 0 Å². The van der Waals surface area contributed by atoms with E-state index in [9.17, 15) is 4.79 Å². The van der Waals surface area contributed by atoms with Crippen molar-refractivity contribution in [1.82, 2.24) is 9.78 Å². The summed E-state index contributed by atoms with van der Waals surface area (Å²) in [6, 6.07) is 3.87. The van der Waals surface area contributed by atoms with Crippen molar-refractivity contribution in [2.75, 3.05) is 0 Å². The number of hydrogen-bond donors (Lipinski definition) is 0. The van der Waals surface area contributed by atoms with Crippen LogP contribution in [0.3, 0.4) is 0 Å². The summed E-state index contributed by atoms with van der Waals surface area (Å²) >= 11 is 0. The molecule has 0 aliphatic carbocycles. The SMILES string of the molecule is CCC(C)n1cc(C=O)c(-c2ccco2)n1. The van der Waals surface area contributed by atoms with Gasteiger partial charge in [-0.1, -0.05) is 6.92 Å². The molecule has 2 heterocycles. The molecule has 4 nitrogen and oxygen atoms in total. The monoisotopic (exact) mass is 218 g/mol. The number of aromatic nitrogens is 2. The zero-order valence-corrected chi connectivity index (χ0v) is 9.38. The Morgan fingerprint density at radius 1 is 1.62 bits per heavy atom. The predicted molar refractivity (Wildman–Crippen MR) is 60.3 cm³/mol. The van der Waals surface area contributed by atoms with Crippen molar-refractivity contribution >= 4 is 6.29 Å². The number of hydrogen-bond acceptors (Lipinski definition) is 3. The van der Waals surface area contributed by atoms with E-state index in [0.717, 1.165) is 12.7 Å². The first-order chi connectivity index (χ1) is 7.76. The van der Waals surface area contributed by atoms with Gasteiger partial charge < -0.3 is 4.42 Å². The Hall–Kier alpha value is -1.84. The Kier molecular flexibility index (Phi) is 2.90. The van der Waals surface area contributed by atoms with Crippen LogP contribution in [0.2, 0.25) is 0 Å². The van der Waals surface area contributed by atoms with Crippen LogP contribution < -0.4 is 0 Å². The topological polar surface area (TPSA) is 48.0 Å². The number of furan rings is 1. The molecule has 2 rings (SSSR count). The van der Waals surface area contributed by atoms with Gasteiger partial charge in [0.15, 0.2) is 12.0 Å². The second-order valence-corrected chi connectivity index (χ2v) is 3.77. The van der Waals surface area contributed by atoms with E-state index in [-0.39, 0.29) is 6.04 Å². The molecule has 1 unspecified atom stereocenters. The standard InChI is InChI=1S/C12H14N2O2/c1-3-9(2)14-7-10(8-15)12(13-14)11-5-4-6-16-11/h4-9H,3H2,1-2H3. The lowest BCUT2D eigenvalue weighted by Crippen LogP contribution is -2.03. The fourth-order valence-electron chi connectivity index (χ4n) is 1.51. The molecule has 2 aromatic heterocycles. The molecule has 0 radical (unpaired) electrons. The summed E-state index contributed by atoms with van der Waals surface area (Å²) in [6.07, 6.45) is 5.12. The summed E-state index contributed by atoms with van der Waals surface area (Å²) in [4.78, 5) is 11.0. The van der Waals surface area contributed by atoms with Gasteiger partial charge in [0, 0.05) is 12.2 Å². The highest BCUT2D eigenvalue weighted by Gasteiger charge is 2.14. The largest absolute Gasteiger partial charge is 0.463 e. The minimum Gasteiger partial charge on any atom is -0.463 e. The zero-order valence-electron chi connectivity index (χ0n) is 9.38. The van der Waals surface area contributed by atoms with Crippen molar-refractivity contribution in [2.24, 2.45) is 0 Å². The molecule has 0 spiro atoms. The summed E-state index contributed by atoms with van der Waals surface area (Å²) in [5.74, 6) is 0.629. The van der Waals surface area contributed by atoms with Gasteiger partial charge in [-0.15, -0.1) is 0 Å². The van der Waals surface area contributed by atoms with Crippen LogP contribution >= 0.6 is 0 Å². The smallest absolute Gasteiger partial charge is 0.154 e. The first-order valence-electron chi connectivity index (χ1n) is 5.34. The summed E-state index contributed by atoms with van der Waals surface area (Å²) < 4.78 is 7.06. The number of rotatable bonds is 4. The molecule has 0 aliphatic heterocycles. The molecule has 0 saturated heterocycles. The van der Waals surface area contributed by atoms with Crippen LogP contribution in [0.4, 0.5) is 0 Å².